The van der Waals surface area contributed by atoms with Gasteiger partial charge in [-0.3, -0.25) is 4.79 Å². The number of H-pyrrole nitrogens is 1. The number of hydrogen-bond donors (Lipinski definition) is 2. The zero-order chi connectivity index (χ0) is 17.1. The molecule has 3 rings (SSSR count). The lowest BCUT2D eigenvalue weighted by atomic mass is 9.93. The first-order valence-electron chi connectivity index (χ1n) is 8.23. The molecule has 1 aromatic carbocycles. The molecule has 0 saturated heterocycles. The van der Waals surface area contributed by atoms with Crippen molar-refractivity contribution in [3.05, 3.63) is 41.5 Å². The summed E-state index contributed by atoms with van der Waals surface area (Å²) >= 11 is 0. The zero-order valence-electron chi connectivity index (χ0n) is 13.9. The summed E-state index contributed by atoms with van der Waals surface area (Å²) in [6, 6.07) is 6.19. The molecule has 0 atom stereocenters. The second-order valence-electron chi connectivity index (χ2n) is 6.25. The molecular weight excluding hydrogens is 309 g/mol. The van der Waals surface area contributed by atoms with E-state index in [4.69, 9.17) is 4.74 Å². The van der Waals surface area contributed by atoms with E-state index >= 15 is 0 Å². The number of carbonyl (C=O) groups excluding carboxylic acids is 1. The van der Waals surface area contributed by atoms with Gasteiger partial charge in [0.1, 0.15) is 17.3 Å². The van der Waals surface area contributed by atoms with E-state index in [2.05, 4.69) is 15.3 Å². The number of halogens is 1. The highest BCUT2D eigenvalue weighted by atomic mass is 19.1. The minimum atomic E-state index is -0.299. The third-order valence-corrected chi connectivity index (χ3v) is 4.56. The van der Waals surface area contributed by atoms with Crippen LogP contribution in [0.2, 0.25) is 0 Å². The van der Waals surface area contributed by atoms with Crippen molar-refractivity contribution in [3.63, 3.8) is 0 Å². The molecule has 2 N–H and O–H groups in total. The van der Waals surface area contributed by atoms with Gasteiger partial charge in [-0.25, -0.2) is 9.37 Å². The van der Waals surface area contributed by atoms with Crippen LogP contribution in [0.25, 0.3) is 11.4 Å². The molecule has 0 unspecified atom stereocenters. The molecule has 1 saturated carbocycles. The van der Waals surface area contributed by atoms with Crippen LogP contribution in [0.5, 0.6) is 0 Å². The van der Waals surface area contributed by atoms with E-state index in [1.54, 1.807) is 19.2 Å². The Morgan fingerprint density at radius 1 is 1.25 bits per heavy atom. The van der Waals surface area contributed by atoms with Gasteiger partial charge in [0.05, 0.1) is 6.10 Å². The van der Waals surface area contributed by atoms with Crippen molar-refractivity contribution in [2.24, 2.45) is 0 Å². The number of aromatic amines is 1. The van der Waals surface area contributed by atoms with Gasteiger partial charge in [0.15, 0.2) is 0 Å². The van der Waals surface area contributed by atoms with Crippen LogP contribution in [-0.2, 0) is 4.74 Å². The number of benzene rings is 1. The number of aryl methyl sites for hydroxylation is 1. The molecule has 1 aromatic heterocycles. The van der Waals surface area contributed by atoms with E-state index in [-0.39, 0.29) is 17.8 Å². The molecule has 0 aliphatic heterocycles. The Labute approximate surface area is 140 Å². The number of nitrogens with zero attached hydrogens (tertiary/aromatic N) is 1. The minimum Gasteiger partial charge on any atom is -0.381 e. The molecule has 1 fully saturated rings. The Bertz CT molecular complexity index is 704. The van der Waals surface area contributed by atoms with Crippen LogP contribution in [0.1, 0.15) is 41.9 Å². The van der Waals surface area contributed by atoms with Gasteiger partial charge in [-0.15, -0.1) is 0 Å². The summed E-state index contributed by atoms with van der Waals surface area (Å²) in [7, 11) is 1.73. The number of hydrogen-bond acceptors (Lipinski definition) is 3. The zero-order valence-corrected chi connectivity index (χ0v) is 13.9. The fourth-order valence-electron chi connectivity index (χ4n) is 3.12. The molecule has 24 heavy (non-hydrogen) atoms. The molecule has 1 aliphatic carbocycles. The summed E-state index contributed by atoms with van der Waals surface area (Å²) < 4.78 is 18.4. The average Bonchev–Trinajstić information content (AvgIpc) is 2.98. The number of aromatic nitrogens is 2. The maximum atomic E-state index is 13.0. The van der Waals surface area contributed by atoms with Crippen molar-refractivity contribution < 1.29 is 13.9 Å². The standard InChI is InChI=1S/C18H22FN3O2/c1-11-16(18(23)21-14-7-9-15(24-2)10-8-14)22-17(20-11)12-3-5-13(19)6-4-12/h3-6,14-15H,7-10H2,1-2H3,(H,20,22)(H,21,23). The van der Waals surface area contributed by atoms with Crippen LogP contribution in [0.3, 0.4) is 0 Å². The van der Waals surface area contributed by atoms with Gasteiger partial charge >= 0.3 is 0 Å². The number of rotatable bonds is 4. The summed E-state index contributed by atoms with van der Waals surface area (Å²) in [5.41, 5.74) is 1.85. The summed E-state index contributed by atoms with van der Waals surface area (Å²) in [6.07, 6.45) is 4.05. The molecule has 128 valence electrons. The van der Waals surface area contributed by atoms with Crippen LogP contribution >= 0.6 is 0 Å². The molecule has 0 spiro atoms. The van der Waals surface area contributed by atoms with Gasteiger partial charge in [0.2, 0.25) is 0 Å². The van der Waals surface area contributed by atoms with Crippen LogP contribution in [0.4, 0.5) is 4.39 Å². The first-order valence-corrected chi connectivity index (χ1v) is 8.23. The second-order valence-corrected chi connectivity index (χ2v) is 6.25. The van der Waals surface area contributed by atoms with Crippen molar-refractivity contribution in [3.8, 4) is 11.4 Å². The monoisotopic (exact) mass is 331 g/mol. The Hall–Kier alpha value is -2.21. The van der Waals surface area contributed by atoms with Crippen LogP contribution in [-0.4, -0.2) is 35.1 Å². The van der Waals surface area contributed by atoms with E-state index in [9.17, 15) is 9.18 Å². The van der Waals surface area contributed by atoms with Gasteiger partial charge in [-0.1, -0.05) is 0 Å². The molecule has 1 amide bonds. The van der Waals surface area contributed by atoms with Crippen molar-refractivity contribution in [1.82, 2.24) is 15.3 Å². The average molecular weight is 331 g/mol. The number of ether oxygens (including phenoxy) is 1. The summed E-state index contributed by atoms with van der Waals surface area (Å²) in [5, 5.41) is 3.06. The number of imidazole rings is 1. The van der Waals surface area contributed by atoms with E-state index < -0.39 is 0 Å². The van der Waals surface area contributed by atoms with Crippen molar-refractivity contribution in [1.29, 1.82) is 0 Å². The maximum absolute atomic E-state index is 13.0. The lowest BCUT2D eigenvalue weighted by Gasteiger charge is -2.28. The van der Waals surface area contributed by atoms with Gasteiger partial charge in [0.25, 0.3) is 5.91 Å². The van der Waals surface area contributed by atoms with Gasteiger partial charge in [0, 0.05) is 24.4 Å². The van der Waals surface area contributed by atoms with Gasteiger partial charge < -0.3 is 15.0 Å². The fraction of sp³-hybridized carbons (Fsp3) is 0.444. The van der Waals surface area contributed by atoms with Crippen LogP contribution in [0.15, 0.2) is 24.3 Å². The quantitative estimate of drug-likeness (QED) is 0.904. The first-order chi connectivity index (χ1) is 11.6. The van der Waals surface area contributed by atoms with Gasteiger partial charge in [-0.05, 0) is 56.9 Å². The number of methoxy groups -OCH3 is 1. The minimum absolute atomic E-state index is 0.161. The molecule has 5 nitrogen and oxygen atoms in total. The Morgan fingerprint density at radius 3 is 2.54 bits per heavy atom. The lowest BCUT2D eigenvalue weighted by Crippen LogP contribution is -2.39. The summed E-state index contributed by atoms with van der Waals surface area (Å²) in [5.74, 6) is 0.102. The smallest absolute Gasteiger partial charge is 0.271 e. The molecular formula is C18H22FN3O2. The van der Waals surface area contributed by atoms with Crippen LogP contribution < -0.4 is 5.32 Å². The molecule has 0 radical (unpaired) electrons. The fourth-order valence-corrected chi connectivity index (χ4v) is 3.12. The second kappa shape index (κ2) is 7.13. The highest BCUT2D eigenvalue weighted by Crippen LogP contribution is 2.22. The SMILES string of the molecule is COC1CCC(NC(=O)c2nc(-c3ccc(F)cc3)[nH]c2C)CC1. The van der Waals surface area contributed by atoms with Crippen molar-refractivity contribution >= 4 is 5.91 Å². The third-order valence-electron chi connectivity index (χ3n) is 4.56. The molecule has 1 aliphatic rings. The Morgan fingerprint density at radius 2 is 1.92 bits per heavy atom. The lowest BCUT2D eigenvalue weighted by molar-refractivity contribution is 0.0598. The Balaban J connectivity index is 1.68. The largest absolute Gasteiger partial charge is 0.381 e. The molecule has 2 aromatic rings. The Kier molecular flexibility index (Phi) is 4.94. The number of amides is 1. The van der Waals surface area contributed by atoms with E-state index in [0.717, 1.165) is 31.2 Å². The summed E-state index contributed by atoms with van der Waals surface area (Å²) in [6.45, 7) is 1.82. The predicted octanol–water partition coefficient (Wildman–Crippen LogP) is 3.21. The molecule has 6 heteroatoms. The van der Waals surface area contributed by atoms with E-state index in [0.29, 0.717) is 23.3 Å². The van der Waals surface area contributed by atoms with Crippen molar-refractivity contribution in [2.75, 3.05) is 7.11 Å². The topological polar surface area (TPSA) is 67.0 Å². The van der Waals surface area contributed by atoms with Crippen LogP contribution in [0, 0.1) is 12.7 Å². The van der Waals surface area contributed by atoms with E-state index in [1.165, 1.54) is 12.1 Å². The third kappa shape index (κ3) is 3.64. The highest BCUT2D eigenvalue weighted by molar-refractivity contribution is 5.94. The number of nitrogens with one attached hydrogen (secondary N) is 2. The summed E-state index contributed by atoms with van der Waals surface area (Å²) in [4.78, 5) is 20.0. The normalized spacial score (nSPS) is 20.8. The highest BCUT2D eigenvalue weighted by Gasteiger charge is 2.24. The maximum Gasteiger partial charge on any atom is 0.271 e. The first kappa shape index (κ1) is 16.6. The van der Waals surface area contributed by atoms with E-state index in [1.807, 2.05) is 6.92 Å². The van der Waals surface area contributed by atoms with Gasteiger partial charge in [-0.2, -0.15) is 0 Å². The predicted molar refractivity (Wildman–Crippen MR) is 89.2 cm³/mol. The van der Waals surface area contributed by atoms with Crippen molar-refractivity contribution in [2.45, 2.75) is 44.8 Å². The number of carbonyl (C=O) groups is 1. The molecule has 0 bridgehead atoms. The molecule has 1 heterocycles.